The van der Waals surface area contributed by atoms with Crippen LogP contribution in [0.25, 0.3) is 0 Å². The third kappa shape index (κ3) is 3.41. The van der Waals surface area contributed by atoms with Crippen molar-refractivity contribution in [3.63, 3.8) is 0 Å². The van der Waals surface area contributed by atoms with Crippen molar-refractivity contribution in [3.8, 4) is 0 Å². The number of aromatic nitrogens is 3. The summed E-state index contributed by atoms with van der Waals surface area (Å²) in [6.45, 7) is 2.65. The summed E-state index contributed by atoms with van der Waals surface area (Å²) in [5.74, 6) is -1.26. The van der Waals surface area contributed by atoms with Gasteiger partial charge in [0.1, 0.15) is 0 Å². The van der Waals surface area contributed by atoms with E-state index in [2.05, 4.69) is 15.3 Å². The van der Waals surface area contributed by atoms with Crippen LogP contribution in [-0.4, -0.2) is 38.1 Å². The zero-order valence-corrected chi connectivity index (χ0v) is 10.9. The minimum absolute atomic E-state index is 0.0129. The van der Waals surface area contributed by atoms with Gasteiger partial charge < -0.3 is 15.0 Å². The molecule has 0 unspecified atom stereocenters. The number of aromatic carboxylic acids is 1. The fourth-order valence-electron chi connectivity index (χ4n) is 1.68. The van der Waals surface area contributed by atoms with E-state index in [-0.39, 0.29) is 11.6 Å². The second-order valence-electron chi connectivity index (χ2n) is 4.24. The number of nitrogens with one attached hydrogen (secondary N) is 1. The highest BCUT2D eigenvalue weighted by Crippen LogP contribution is 2.00. The Labute approximate surface area is 115 Å². The lowest BCUT2D eigenvalue weighted by Gasteiger charge is -2.06. The zero-order chi connectivity index (χ0) is 14.5. The van der Waals surface area contributed by atoms with Crippen molar-refractivity contribution in [1.82, 2.24) is 19.9 Å². The van der Waals surface area contributed by atoms with Gasteiger partial charge >= 0.3 is 5.97 Å². The maximum atomic E-state index is 11.8. The van der Waals surface area contributed by atoms with E-state index in [9.17, 15) is 9.59 Å². The number of rotatable bonds is 5. The van der Waals surface area contributed by atoms with E-state index in [1.165, 1.54) is 12.5 Å². The molecule has 0 spiro atoms. The third-order valence-electron chi connectivity index (χ3n) is 2.67. The Morgan fingerprint density at radius 3 is 2.85 bits per heavy atom. The van der Waals surface area contributed by atoms with Crippen molar-refractivity contribution in [2.24, 2.45) is 0 Å². The van der Waals surface area contributed by atoms with Gasteiger partial charge in [0.15, 0.2) is 5.69 Å². The molecule has 2 aromatic heterocycles. The highest BCUT2D eigenvalue weighted by molar-refractivity contribution is 5.94. The molecule has 7 nitrogen and oxygen atoms in total. The van der Waals surface area contributed by atoms with Gasteiger partial charge in [-0.2, -0.15) is 0 Å². The topological polar surface area (TPSA) is 97.1 Å². The van der Waals surface area contributed by atoms with Crippen molar-refractivity contribution in [1.29, 1.82) is 0 Å². The first-order chi connectivity index (χ1) is 9.56. The van der Waals surface area contributed by atoms with Crippen LogP contribution in [0.5, 0.6) is 0 Å². The Morgan fingerprint density at radius 1 is 1.40 bits per heavy atom. The maximum Gasteiger partial charge on any atom is 0.356 e. The summed E-state index contributed by atoms with van der Waals surface area (Å²) >= 11 is 0. The summed E-state index contributed by atoms with van der Waals surface area (Å²) < 4.78 is 1.61. The van der Waals surface area contributed by atoms with Gasteiger partial charge in [0, 0.05) is 36.7 Å². The van der Waals surface area contributed by atoms with Crippen molar-refractivity contribution in [2.75, 3.05) is 6.54 Å². The fourth-order valence-corrected chi connectivity index (χ4v) is 1.68. The first kappa shape index (κ1) is 13.7. The lowest BCUT2D eigenvalue weighted by atomic mass is 10.2. The molecule has 104 valence electrons. The first-order valence-corrected chi connectivity index (χ1v) is 6.02. The van der Waals surface area contributed by atoms with Crippen molar-refractivity contribution < 1.29 is 14.7 Å². The Hall–Kier alpha value is -2.70. The van der Waals surface area contributed by atoms with E-state index in [0.717, 1.165) is 5.69 Å². The molecule has 2 aromatic rings. The molecule has 0 saturated carbocycles. The van der Waals surface area contributed by atoms with Gasteiger partial charge in [0.25, 0.3) is 5.91 Å². The average Bonchev–Trinajstić information content (AvgIpc) is 2.87. The molecule has 1 amide bonds. The number of nitrogens with zero attached hydrogens (tertiary/aromatic N) is 3. The number of carbonyl (C=O) groups excluding carboxylic acids is 1. The van der Waals surface area contributed by atoms with Crippen LogP contribution in [0.1, 0.15) is 26.5 Å². The number of imidazole rings is 1. The summed E-state index contributed by atoms with van der Waals surface area (Å²) in [7, 11) is 0. The van der Waals surface area contributed by atoms with Crippen LogP contribution in [-0.2, 0) is 6.54 Å². The van der Waals surface area contributed by atoms with Crippen LogP contribution in [0.15, 0.2) is 30.9 Å². The minimum atomic E-state index is -1.07. The lowest BCUT2D eigenvalue weighted by Crippen LogP contribution is -2.27. The van der Waals surface area contributed by atoms with Gasteiger partial charge in [0.2, 0.25) is 0 Å². The SMILES string of the molecule is Cc1cc(C(=O)NCCn2cnc(C(=O)O)c2)ccn1. The second kappa shape index (κ2) is 5.96. The van der Waals surface area contributed by atoms with Gasteiger partial charge in [-0.15, -0.1) is 0 Å². The number of amides is 1. The van der Waals surface area contributed by atoms with Crippen LogP contribution in [0.2, 0.25) is 0 Å². The lowest BCUT2D eigenvalue weighted by molar-refractivity contribution is 0.0690. The van der Waals surface area contributed by atoms with Crippen LogP contribution in [0.4, 0.5) is 0 Å². The molecule has 0 fully saturated rings. The van der Waals surface area contributed by atoms with Crippen LogP contribution >= 0.6 is 0 Å². The smallest absolute Gasteiger partial charge is 0.356 e. The van der Waals surface area contributed by atoms with E-state index in [0.29, 0.717) is 18.7 Å². The Bertz CT molecular complexity index is 636. The molecule has 0 saturated heterocycles. The predicted octanol–water partition coefficient (Wildman–Crippen LogP) is 0.715. The maximum absolute atomic E-state index is 11.8. The molecule has 0 aliphatic heterocycles. The molecule has 0 atom stereocenters. The fraction of sp³-hybridized carbons (Fsp3) is 0.231. The standard InChI is InChI=1S/C13H14N4O3/c1-9-6-10(2-3-14-9)12(18)15-4-5-17-7-11(13(19)20)16-8-17/h2-3,6-8H,4-5H2,1H3,(H,15,18)(H,19,20). The van der Waals surface area contributed by atoms with Crippen LogP contribution in [0.3, 0.4) is 0 Å². The van der Waals surface area contributed by atoms with Gasteiger partial charge in [-0.25, -0.2) is 9.78 Å². The van der Waals surface area contributed by atoms with E-state index < -0.39 is 5.97 Å². The van der Waals surface area contributed by atoms with Gasteiger partial charge in [-0.05, 0) is 19.1 Å². The Morgan fingerprint density at radius 2 is 2.20 bits per heavy atom. The van der Waals surface area contributed by atoms with Gasteiger partial charge in [0.05, 0.1) is 6.33 Å². The average molecular weight is 274 g/mol. The molecule has 2 rings (SSSR count). The molecule has 0 aromatic carbocycles. The monoisotopic (exact) mass is 274 g/mol. The summed E-state index contributed by atoms with van der Waals surface area (Å²) in [6, 6.07) is 3.34. The number of hydrogen-bond acceptors (Lipinski definition) is 4. The molecule has 2 N–H and O–H groups in total. The highest BCUT2D eigenvalue weighted by Gasteiger charge is 2.07. The molecule has 7 heteroatoms. The van der Waals surface area contributed by atoms with E-state index in [1.54, 1.807) is 22.9 Å². The number of hydrogen-bond donors (Lipinski definition) is 2. The summed E-state index contributed by atoms with van der Waals surface area (Å²) in [6.07, 6.45) is 4.43. The molecule has 0 aliphatic carbocycles. The predicted molar refractivity (Wildman–Crippen MR) is 70.5 cm³/mol. The second-order valence-corrected chi connectivity index (χ2v) is 4.24. The molecular weight excluding hydrogens is 260 g/mol. The van der Waals surface area contributed by atoms with E-state index >= 15 is 0 Å². The molecule has 0 aliphatic rings. The number of carboxylic acid groups (broad SMARTS) is 1. The molecule has 0 radical (unpaired) electrons. The largest absolute Gasteiger partial charge is 0.476 e. The van der Waals surface area contributed by atoms with Crippen molar-refractivity contribution >= 4 is 11.9 Å². The van der Waals surface area contributed by atoms with Gasteiger partial charge in [-0.3, -0.25) is 9.78 Å². The Balaban J connectivity index is 1.86. The summed E-state index contributed by atoms with van der Waals surface area (Å²) in [5.41, 5.74) is 1.31. The van der Waals surface area contributed by atoms with Crippen LogP contribution in [0, 0.1) is 6.92 Å². The number of carbonyl (C=O) groups is 2. The van der Waals surface area contributed by atoms with Crippen molar-refractivity contribution in [3.05, 3.63) is 47.8 Å². The molecule has 2 heterocycles. The van der Waals surface area contributed by atoms with E-state index in [4.69, 9.17) is 5.11 Å². The third-order valence-corrected chi connectivity index (χ3v) is 2.67. The summed E-state index contributed by atoms with van der Waals surface area (Å²) in [5, 5.41) is 11.5. The molecular formula is C13H14N4O3. The number of pyridine rings is 1. The zero-order valence-electron chi connectivity index (χ0n) is 10.9. The molecule has 0 bridgehead atoms. The normalized spacial score (nSPS) is 10.2. The van der Waals surface area contributed by atoms with Crippen LogP contribution < -0.4 is 5.32 Å². The first-order valence-electron chi connectivity index (χ1n) is 6.02. The Kier molecular flexibility index (Phi) is 4.09. The quantitative estimate of drug-likeness (QED) is 0.837. The minimum Gasteiger partial charge on any atom is -0.476 e. The molecule has 20 heavy (non-hydrogen) atoms. The van der Waals surface area contributed by atoms with Crippen molar-refractivity contribution in [2.45, 2.75) is 13.5 Å². The van der Waals surface area contributed by atoms with Gasteiger partial charge in [-0.1, -0.05) is 0 Å². The number of carboxylic acids is 1. The highest BCUT2D eigenvalue weighted by atomic mass is 16.4. The van der Waals surface area contributed by atoms with E-state index in [1.807, 2.05) is 6.92 Å². The summed E-state index contributed by atoms with van der Waals surface area (Å²) in [4.78, 5) is 30.3. The number of aryl methyl sites for hydroxylation is 1.